The molecule has 0 aromatic heterocycles. The first-order chi connectivity index (χ1) is 9.70. The molecule has 0 spiro atoms. The minimum atomic E-state index is 0.484. The first-order valence-electron chi connectivity index (χ1n) is 7.06. The number of para-hydroxylation sites is 1. The van der Waals surface area contributed by atoms with Crippen LogP contribution >= 0.6 is 15.9 Å². The van der Waals surface area contributed by atoms with Crippen molar-refractivity contribution < 1.29 is 0 Å². The van der Waals surface area contributed by atoms with E-state index in [1.165, 1.54) is 22.5 Å². The third-order valence-corrected chi connectivity index (χ3v) is 4.42. The summed E-state index contributed by atoms with van der Waals surface area (Å²) in [5, 5.41) is 0. The van der Waals surface area contributed by atoms with E-state index in [0.717, 1.165) is 17.3 Å². The highest BCUT2D eigenvalue weighted by Gasteiger charge is 2.28. The van der Waals surface area contributed by atoms with E-state index < -0.39 is 0 Å². The monoisotopic (exact) mass is 330 g/mol. The van der Waals surface area contributed by atoms with Crippen LogP contribution in [0.1, 0.15) is 18.1 Å². The van der Waals surface area contributed by atoms with Gasteiger partial charge in [0.15, 0.2) is 0 Å². The Bertz CT molecular complexity index is 624. The zero-order valence-electron chi connectivity index (χ0n) is 11.6. The van der Waals surface area contributed by atoms with E-state index in [-0.39, 0.29) is 0 Å². The van der Waals surface area contributed by atoms with Gasteiger partial charge in [-0.05, 0) is 55.6 Å². The summed E-state index contributed by atoms with van der Waals surface area (Å²) in [7, 11) is 0. The number of halogens is 1. The molecule has 2 nitrogen and oxygen atoms in total. The molecular weight excluding hydrogens is 312 g/mol. The number of hydrogen-bond acceptors (Lipinski definition) is 2. The van der Waals surface area contributed by atoms with Crippen LogP contribution in [0.15, 0.2) is 46.9 Å². The molecule has 20 heavy (non-hydrogen) atoms. The van der Waals surface area contributed by atoms with Crippen molar-refractivity contribution in [2.24, 2.45) is 5.73 Å². The predicted molar refractivity (Wildman–Crippen MR) is 88.6 cm³/mol. The van der Waals surface area contributed by atoms with Crippen LogP contribution in [0.2, 0.25) is 0 Å². The van der Waals surface area contributed by atoms with Crippen molar-refractivity contribution in [1.29, 1.82) is 0 Å². The van der Waals surface area contributed by atoms with Crippen molar-refractivity contribution >= 4 is 27.3 Å². The fraction of sp³-hybridized carbons (Fsp3) is 0.294. The minimum absolute atomic E-state index is 0.484. The second kappa shape index (κ2) is 5.58. The van der Waals surface area contributed by atoms with E-state index in [1.54, 1.807) is 0 Å². The Morgan fingerprint density at radius 2 is 2.00 bits per heavy atom. The highest BCUT2D eigenvalue weighted by atomic mass is 79.9. The molecule has 1 heterocycles. The van der Waals surface area contributed by atoms with Gasteiger partial charge in [-0.1, -0.05) is 40.2 Å². The molecule has 0 fully saturated rings. The van der Waals surface area contributed by atoms with Crippen molar-refractivity contribution in [1.82, 2.24) is 0 Å². The lowest BCUT2D eigenvalue weighted by atomic mass is 10.1. The highest BCUT2D eigenvalue weighted by Crippen LogP contribution is 2.40. The maximum atomic E-state index is 5.77. The fourth-order valence-electron chi connectivity index (χ4n) is 3.06. The molecule has 1 atom stereocenters. The predicted octanol–water partition coefficient (Wildman–Crippen LogP) is 4.03. The van der Waals surface area contributed by atoms with Crippen molar-refractivity contribution in [2.45, 2.75) is 25.8 Å². The van der Waals surface area contributed by atoms with Gasteiger partial charge < -0.3 is 10.6 Å². The Hall–Kier alpha value is -1.32. The molecule has 1 aliphatic rings. The normalized spacial score (nSPS) is 17.4. The third-order valence-electron chi connectivity index (χ3n) is 3.93. The molecule has 0 amide bonds. The summed E-state index contributed by atoms with van der Waals surface area (Å²) in [5.41, 5.74) is 11.1. The summed E-state index contributed by atoms with van der Waals surface area (Å²) >= 11 is 3.60. The Balaban J connectivity index is 2.11. The molecule has 2 aromatic carbocycles. The van der Waals surface area contributed by atoms with Gasteiger partial charge in [0.05, 0.1) is 0 Å². The van der Waals surface area contributed by atoms with Crippen LogP contribution in [0.5, 0.6) is 0 Å². The van der Waals surface area contributed by atoms with Crippen LogP contribution in [-0.2, 0) is 12.8 Å². The van der Waals surface area contributed by atoms with Crippen LogP contribution in [0.25, 0.3) is 0 Å². The van der Waals surface area contributed by atoms with E-state index in [9.17, 15) is 0 Å². The lowest BCUT2D eigenvalue weighted by Gasteiger charge is -2.28. The van der Waals surface area contributed by atoms with Crippen LogP contribution in [0, 0.1) is 0 Å². The topological polar surface area (TPSA) is 29.3 Å². The Labute approximate surface area is 128 Å². The average Bonchev–Trinajstić information content (AvgIpc) is 2.77. The van der Waals surface area contributed by atoms with Crippen molar-refractivity contribution in [3.63, 3.8) is 0 Å². The molecule has 104 valence electrons. The zero-order valence-corrected chi connectivity index (χ0v) is 13.2. The van der Waals surface area contributed by atoms with Gasteiger partial charge in [-0.15, -0.1) is 0 Å². The van der Waals surface area contributed by atoms with E-state index in [0.29, 0.717) is 12.6 Å². The van der Waals surface area contributed by atoms with Crippen molar-refractivity contribution in [3.05, 3.63) is 58.1 Å². The van der Waals surface area contributed by atoms with Crippen LogP contribution in [-0.4, -0.2) is 12.6 Å². The standard InChI is InChI=1S/C17H19BrN2/c1-12-10-14-4-2-3-5-16(14)20(12)17-11-15(18)7-6-13(17)8-9-19/h2-7,11-12H,8-10,19H2,1H3. The Morgan fingerprint density at radius 3 is 2.80 bits per heavy atom. The molecule has 1 aliphatic heterocycles. The molecule has 0 saturated carbocycles. The second-order valence-corrected chi connectivity index (χ2v) is 6.28. The molecule has 3 rings (SSSR count). The van der Waals surface area contributed by atoms with Gasteiger partial charge in [0.2, 0.25) is 0 Å². The molecule has 0 saturated heterocycles. The minimum Gasteiger partial charge on any atom is -0.338 e. The molecule has 3 heteroatoms. The van der Waals surface area contributed by atoms with E-state index >= 15 is 0 Å². The molecule has 2 aromatic rings. The summed E-state index contributed by atoms with van der Waals surface area (Å²) < 4.78 is 1.12. The molecule has 1 unspecified atom stereocenters. The quantitative estimate of drug-likeness (QED) is 0.920. The van der Waals surface area contributed by atoms with Gasteiger partial charge in [0, 0.05) is 21.9 Å². The van der Waals surface area contributed by atoms with E-state index in [2.05, 4.69) is 70.2 Å². The number of hydrogen-bond donors (Lipinski definition) is 1. The summed E-state index contributed by atoms with van der Waals surface area (Å²) in [6.45, 7) is 2.96. The van der Waals surface area contributed by atoms with Gasteiger partial charge >= 0.3 is 0 Å². The summed E-state index contributed by atoms with van der Waals surface area (Å²) in [4.78, 5) is 2.45. The SMILES string of the molecule is CC1Cc2ccccc2N1c1cc(Br)ccc1CCN. The van der Waals surface area contributed by atoms with E-state index in [1.807, 2.05) is 0 Å². The lowest BCUT2D eigenvalue weighted by molar-refractivity contribution is 0.754. The number of rotatable bonds is 3. The number of nitrogens with zero attached hydrogens (tertiary/aromatic N) is 1. The second-order valence-electron chi connectivity index (χ2n) is 5.36. The van der Waals surface area contributed by atoms with Crippen molar-refractivity contribution in [2.75, 3.05) is 11.4 Å². The summed E-state index contributed by atoms with van der Waals surface area (Å²) in [5.74, 6) is 0. The molecule has 0 aliphatic carbocycles. The zero-order chi connectivity index (χ0) is 14.1. The van der Waals surface area contributed by atoms with Crippen LogP contribution < -0.4 is 10.6 Å². The van der Waals surface area contributed by atoms with Gasteiger partial charge in [-0.25, -0.2) is 0 Å². The maximum Gasteiger partial charge on any atom is 0.0457 e. The van der Waals surface area contributed by atoms with Gasteiger partial charge in [0.1, 0.15) is 0 Å². The summed E-state index contributed by atoms with van der Waals surface area (Å²) in [6, 6.07) is 15.7. The van der Waals surface area contributed by atoms with Gasteiger partial charge in [-0.3, -0.25) is 0 Å². The average molecular weight is 331 g/mol. The molecule has 0 radical (unpaired) electrons. The Morgan fingerprint density at radius 1 is 1.20 bits per heavy atom. The van der Waals surface area contributed by atoms with Gasteiger partial charge in [0.25, 0.3) is 0 Å². The number of benzene rings is 2. The smallest absolute Gasteiger partial charge is 0.0457 e. The third kappa shape index (κ3) is 2.36. The van der Waals surface area contributed by atoms with Crippen LogP contribution in [0.4, 0.5) is 11.4 Å². The highest BCUT2D eigenvalue weighted by molar-refractivity contribution is 9.10. The lowest BCUT2D eigenvalue weighted by Crippen LogP contribution is -2.25. The molecule has 2 N–H and O–H groups in total. The number of fused-ring (bicyclic) bond motifs is 1. The van der Waals surface area contributed by atoms with Crippen molar-refractivity contribution in [3.8, 4) is 0 Å². The molecular formula is C17H19BrN2. The first kappa shape index (κ1) is 13.7. The summed E-state index contributed by atoms with van der Waals surface area (Å²) in [6.07, 6.45) is 2.01. The number of nitrogens with two attached hydrogens (primary N) is 1. The molecule has 0 bridgehead atoms. The van der Waals surface area contributed by atoms with Crippen LogP contribution in [0.3, 0.4) is 0 Å². The fourth-order valence-corrected chi connectivity index (χ4v) is 3.41. The Kier molecular flexibility index (Phi) is 3.81. The van der Waals surface area contributed by atoms with Gasteiger partial charge in [-0.2, -0.15) is 0 Å². The maximum absolute atomic E-state index is 5.77. The van der Waals surface area contributed by atoms with E-state index in [4.69, 9.17) is 5.73 Å². The first-order valence-corrected chi connectivity index (χ1v) is 7.85. The number of anilines is 2. The largest absolute Gasteiger partial charge is 0.338 e.